The van der Waals surface area contributed by atoms with Gasteiger partial charge in [0.25, 0.3) is 5.91 Å². The summed E-state index contributed by atoms with van der Waals surface area (Å²) < 4.78 is 21.1. The zero-order valence-corrected chi connectivity index (χ0v) is 19.6. The third-order valence-electron chi connectivity index (χ3n) is 5.82. The first-order valence-electron chi connectivity index (χ1n) is 10.9. The van der Waals surface area contributed by atoms with Gasteiger partial charge in [-0.1, -0.05) is 23.2 Å². The number of ether oxygens (including phenoxy) is 1. The first-order chi connectivity index (χ1) is 16.5. The van der Waals surface area contributed by atoms with Crippen molar-refractivity contribution in [3.8, 4) is 11.3 Å². The van der Waals surface area contributed by atoms with Crippen molar-refractivity contribution in [2.45, 2.75) is 18.6 Å². The maximum atomic E-state index is 14.4. The Balaban J connectivity index is 1.36. The molecule has 2 saturated heterocycles. The van der Waals surface area contributed by atoms with Crippen LogP contribution < -0.4 is 15.5 Å². The molecule has 0 unspecified atom stereocenters. The van der Waals surface area contributed by atoms with E-state index >= 15 is 0 Å². The first-order valence-corrected chi connectivity index (χ1v) is 11.6. The average Bonchev–Trinajstić information content (AvgIpc) is 3.22. The summed E-state index contributed by atoms with van der Waals surface area (Å²) in [6, 6.07) is 6.95. The van der Waals surface area contributed by atoms with Crippen molar-refractivity contribution in [3.63, 3.8) is 0 Å². The van der Waals surface area contributed by atoms with Crippen LogP contribution in [0.4, 0.5) is 21.7 Å². The Labute approximate surface area is 205 Å². The Morgan fingerprint density at radius 2 is 2.06 bits per heavy atom. The maximum Gasteiger partial charge on any atom is 0.253 e. The van der Waals surface area contributed by atoms with Gasteiger partial charge in [0.2, 0.25) is 5.95 Å². The molecule has 2 atom stereocenters. The van der Waals surface area contributed by atoms with Gasteiger partial charge in [-0.05, 0) is 37.2 Å². The number of rotatable bonds is 5. The molecule has 0 radical (unpaired) electrons. The van der Waals surface area contributed by atoms with E-state index in [4.69, 9.17) is 27.9 Å². The van der Waals surface area contributed by atoms with Crippen molar-refractivity contribution in [3.05, 3.63) is 46.8 Å². The van der Waals surface area contributed by atoms with E-state index in [1.807, 2.05) is 24.3 Å². The number of carbonyl (C=O) groups excluding carboxylic acids is 1. The summed E-state index contributed by atoms with van der Waals surface area (Å²) in [7, 11) is 0. The molecule has 1 amide bonds. The second-order valence-electron chi connectivity index (χ2n) is 8.05. The standard InChI is InChI=1S/C22H22Cl2FN7O2/c23-16-9-27-22(28-13-1-3-14(4-2-13)31-7-8-34-12-19(31)33)29-20(16)15-11-32(30-21(15)24)18-5-6-26-10-17(18)25/h1-4,9,11,17-18,26H,5-8,10,12H2,(H,27,28,29)/t17-,18-/m0/s1. The molecular formula is C22H22Cl2FN7O2. The highest BCUT2D eigenvalue weighted by Gasteiger charge is 2.28. The summed E-state index contributed by atoms with van der Waals surface area (Å²) >= 11 is 12.8. The summed E-state index contributed by atoms with van der Waals surface area (Å²) in [4.78, 5) is 22.5. The summed E-state index contributed by atoms with van der Waals surface area (Å²) in [6.45, 7) is 2.10. The van der Waals surface area contributed by atoms with Crippen LogP contribution in [0.2, 0.25) is 10.2 Å². The van der Waals surface area contributed by atoms with E-state index in [9.17, 15) is 9.18 Å². The molecule has 0 aliphatic carbocycles. The van der Waals surface area contributed by atoms with Crippen LogP contribution in [0.25, 0.3) is 11.3 Å². The summed E-state index contributed by atoms with van der Waals surface area (Å²) in [5.74, 6) is 0.238. The monoisotopic (exact) mass is 505 g/mol. The molecule has 0 saturated carbocycles. The topological polar surface area (TPSA) is 97.2 Å². The number of halogens is 3. The molecule has 3 aromatic rings. The van der Waals surface area contributed by atoms with Crippen LogP contribution in [0.3, 0.4) is 0 Å². The van der Waals surface area contributed by atoms with E-state index in [0.29, 0.717) is 48.3 Å². The van der Waals surface area contributed by atoms with Crippen molar-refractivity contribution in [2.75, 3.05) is 43.1 Å². The number of carbonyl (C=O) groups is 1. The van der Waals surface area contributed by atoms with Gasteiger partial charge in [0.15, 0.2) is 5.15 Å². The number of hydrogen-bond donors (Lipinski definition) is 2. The predicted octanol–water partition coefficient (Wildman–Crippen LogP) is 3.63. The molecule has 2 N–H and O–H groups in total. The average molecular weight is 506 g/mol. The molecule has 9 nitrogen and oxygen atoms in total. The molecule has 5 rings (SSSR count). The van der Waals surface area contributed by atoms with E-state index in [1.54, 1.807) is 15.8 Å². The summed E-state index contributed by atoms with van der Waals surface area (Å²) in [5.41, 5.74) is 2.42. The molecule has 0 spiro atoms. The highest BCUT2D eigenvalue weighted by molar-refractivity contribution is 6.35. The van der Waals surface area contributed by atoms with Crippen LogP contribution in [0.1, 0.15) is 12.5 Å². The number of hydrogen-bond acceptors (Lipinski definition) is 7. The lowest BCUT2D eigenvalue weighted by Gasteiger charge is -2.26. The fourth-order valence-corrected chi connectivity index (χ4v) is 4.48. The number of aromatic nitrogens is 4. The van der Waals surface area contributed by atoms with Crippen molar-refractivity contribution < 1.29 is 13.9 Å². The highest BCUT2D eigenvalue weighted by Crippen LogP contribution is 2.34. The van der Waals surface area contributed by atoms with Crippen LogP contribution >= 0.6 is 23.2 Å². The summed E-state index contributed by atoms with van der Waals surface area (Å²) in [6.07, 6.45) is 2.70. The van der Waals surface area contributed by atoms with Gasteiger partial charge in [-0.15, -0.1) is 0 Å². The minimum Gasteiger partial charge on any atom is -0.370 e. The van der Waals surface area contributed by atoms with E-state index in [0.717, 1.165) is 11.4 Å². The molecule has 1 aromatic carbocycles. The third kappa shape index (κ3) is 4.72. The van der Waals surface area contributed by atoms with Crippen LogP contribution in [0, 0.1) is 0 Å². The Bertz CT molecular complexity index is 1190. The molecule has 2 fully saturated rings. The number of amides is 1. The Kier molecular flexibility index (Phi) is 6.64. The van der Waals surface area contributed by atoms with Crippen molar-refractivity contribution in [1.82, 2.24) is 25.1 Å². The lowest BCUT2D eigenvalue weighted by atomic mass is 10.1. The minimum atomic E-state index is -1.06. The number of alkyl halides is 1. The molecule has 2 aliphatic heterocycles. The quantitative estimate of drug-likeness (QED) is 0.546. The van der Waals surface area contributed by atoms with Crippen LogP contribution in [0.15, 0.2) is 36.7 Å². The predicted molar refractivity (Wildman–Crippen MR) is 128 cm³/mol. The Hall–Kier alpha value is -2.79. The second kappa shape index (κ2) is 9.83. The van der Waals surface area contributed by atoms with Crippen molar-refractivity contribution in [1.29, 1.82) is 0 Å². The van der Waals surface area contributed by atoms with Crippen molar-refractivity contribution in [2.24, 2.45) is 0 Å². The van der Waals surface area contributed by atoms with Crippen molar-refractivity contribution >= 4 is 46.4 Å². The van der Waals surface area contributed by atoms with E-state index in [1.165, 1.54) is 6.20 Å². The molecule has 178 valence electrons. The zero-order valence-electron chi connectivity index (χ0n) is 18.0. The van der Waals surface area contributed by atoms with Gasteiger partial charge in [0.05, 0.1) is 35.1 Å². The number of benzene rings is 1. The van der Waals surface area contributed by atoms with Gasteiger partial charge in [0.1, 0.15) is 12.8 Å². The number of nitrogens with zero attached hydrogens (tertiary/aromatic N) is 5. The Morgan fingerprint density at radius 1 is 1.24 bits per heavy atom. The lowest BCUT2D eigenvalue weighted by Crippen LogP contribution is -2.41. The fraction of sp³-hybridized carbons (Fsp3) is 0.364. The third-order valence-corrected chi connectivity index (χ3v) is 6.38. The van der Waals surface area contributed by atoms with Gasteiger partial charge in [0, 0.05) is 30.7 Å². The van der Waals surface area contributed by atoms with Gasteiger partial charge in [-0.3, -0.25) is 9.48 Å². The molecule has 2 aromatic heterocycles. The molecule has 4 heterocycles. The number of anilines is 3. The number of nitrogens with one attached hydrogen (secondary N) is 2. The lowest BCUT2D eigenvalue weighted by molar-refractivity contribution is -0.125. The molecule has 12 heteroatoms. The van der Waals surface area contributed by atoms with Crippen LogP contribution in [-0.2, 0) is 9.53 Å². The smallest absolute Gasteiger partial charge is 0.253 e. The normalized spacial score (nSPS) is 21.0. The molecular weight excluding hydrogens is 484 g/mol. The van der Waals surface area contributed by atoms with E-state index < -0.39 is 12.2 Å². The fourth-order valence-electron chi connectivity index (χ4n) is 4.06. The molecule has 2 aliphatic rings. The number of morpholine rings is 1. The summed E-state index contributed by atoms with van der Waals surface area (Å²) in [5, 5.41) is 11.0. The van der Waals surface area contributed by atoms with Gasteiger partial charge < -0.3 is 20.3 Å². The highest BCUT2D eigenvalue weighted by atomic mass is 35.5. The van der Waals surface area contributed by atoms with E-state index in [2.05, 4.69) is 25.7 Å². The molecule has 0 bridgehead atoms. The van der Waals surface area contributed by atoms with Gasteiger partial charge in [-0.2, -0.15) is 5.10 Å². The Morgan fingerprint density at radius 3 is 2.82 bits per heavy atom. The van der Waals surface area contributed by atoms with Crippen LogP contribution in [0.5, 0.6) is 0 Å². The SMILES string of the molecule is O=C1COCCN1c1ccc(Nc2ncc(Cl)c(-c3cn([C@H]4CCNC[C@@H]4F)nc3Cl)n2)cc1. The van der Waals surface area contributed by atoms with Crippen LogP contribution in [-0.4, -0.2) is 64.7 Å². The number of piperidine rings is 1. The maximum absolute atomic E-state index is 14.4. The van der Waals surface area contributed by atoms with Gasteiger partial charge >= 0.3 is 0 Å². The van der Waals surface area contributed by atoms with E-state index in [-0.39, 0.29) is 24.2 Å². The molecule has 34 heavy (non-hydrogen) atoms. The van der Waals surface area contributed by atoms with Gasteiger partial charge in [-0.25, -0.2) is 14.4 Å². The first kappa shape index (κ1) is 23.0. The zero-order chi connectivity index (χ0) is 23.7. The minimum absolute atomic E-state index is 0.0707. The largest absolute Gasteiger partial charge is 0.370 e. The second-order valence-corrected chi connectivity index (χ2v) is 8.81.